The first-order valence-electron chi connectivity index (χ1n) is 10.4. The van der Waals surface area contributed by atoms with E-state index in [0.717, 1.165) is 5.56 Å². The Morgan fingerprint density at radius 3 is 2.26 bits per heavy atom. The van der Waals surface area contributed by atoms with E-state index in [1.54, 1.807) is 29.2 Å². The highest BCUT2D eigenvalue weighted by atomic mass is 19.1. The second-order valence-electron chi connectivity index (χ2n) is 7.93. The zero-order chi connectivity index (χ0) is 22.2. The van der Waals surface area contributed by atoms with Crippen molar-refractivity contribution in [2.24, 2.45) is 5.92 Å². The molecule has 3 aromatic rings. The van der Waals surface area contributed by atoms with Crippen LogP contribution >= 0.6 is 0 Å². The highest BCUT2D eigenvalue weighted by Crippen LogP contribution is 2.22. The van der Waals surface area contributed by atoms with Crippen LogP contribution in [0.2, 0.25) is 0 Å². The highest BCUT2D eigenvalue weighted by Gasteiger charge is 2.18. The molecule has 0 spiro atoms. The van der Waals surface area contributed by atoms with Crippen LogP contribution in [-0.4, -0.2) is 18.4 Å². The van der Waals surface area contributed by atoms with Gasteiger partial charge in [-0.1, -0.05) is 56.3 Å². The van der Waals surface area contributed by atoms with Gasteiger partial charge in [0.1, 0.15) is 5.82 Å². The van der Waals surface area contributed by atoms with Crippen LogP contribution in [0.25, 0.3) is 0 Å². The van der Waals surface area contributed by atoms with Crippen molar-refractivity contribution in [3.8, 4) is 0 Å². The molecule has 1 N–H and O–H groups in total. The van der Waals surface area contributed by atoms with Crippen molar-refractivity contribution in [2.75, 3.05) is 11.4 Å². The van der Waals surface area contributed by atoms with Crippen LogP contribution in [0.1, 0.15) is 35.3 Å². The zero-order valence-electron chi connectivity index (χ0n) is 17.8. The Balaban J connectivity index is 1.81. The van der Waals surface area contributed by atoms with Crippen molar-refractivity contribution in [3.05, 3.63) is 101 Å². The van der Waals surface area contributed by atoms with Crippen LogP contribution in [0.3, 0.4) is 0 Å². The molecular weight excluding hydrogens is 391 g/mol. The topological polar surface area (TPSA) is 49.4 Å². The lowest BCUT2D eigenvalue weighted by molar-refractivity contribution is -0.120. The number of carbonyl (C=O) groups is 2. The second kappa shape index (κ2) is 10.5. The molecule has 0 heterocycles. The first kappa shape index (κ1) is 22.2. The van der Waals surface area contributed by atoms with Crippen molar-refractivity contribution in [1.29, 1.82) is 0 Å². The number of amides is 2. The Kier molecular flexibility index (Phi) is 7.55. The normalized spacial score (nSPS) is 10.7. The molecule has 0 aliphatic rings. The SMILES string of the molecule is CC(C)CNC(=O)Cc1ccc(N(Cc2cccc(F)c2)C(=O)c2ccccc2)cc1. The number of nitrogens with one attached hydrogen (secondary N) is 1. The van der Waals surface area contributed by atoms with E-state index in [-0.39, 0.29) is 30.6 Å². The van der Waals surface area contributed by atoms with Crippen molar-refractivity contribution in [2.45, 2.75) is 26.8 Å². The quantitative estimate of drug-likeness (QED) is 0.560. The van der Waals surface area contributed by atoms with Crippen LogP contribution in [-0.2, 0) is 17.8 Å². The summed E-state index contributed by atoms with van der Waals surface area (Å²) in [7, 11) is 0. The minimum absolute atomic E-state index is 0.0292. The molecule has 160 valence electrons. The molecule has 4 nitrogen and oxygen atoms in total. The summed E-state index contributed by atoms with van der Waals surface area (Å²) in [4.78, 5) is 26.9. The van der Waals surface area contributed by atoms with E-state index in [9.17, 15) is 14.0 Å². The van der Waals surface area contributed by atoms with E-state index in [1.165, 1.54) is 12.1 Å². The predicted octanol–water partition coefficient (Wildman–Crippen LogP) is 4.99. The van der Waals surface area contributed by atoms with Crippen molar-refractivity contribution in [3.63, 3.8) is 0 Å². The lowest BCUT2D eigenvalue weighted by atomic mass is 10.1. The Bertz CT molecular complexity index is 1020. The molecule has 3 aromatic carbocycles. The summed E-state index contributed by atoms with van der Waals surface area (Å²) in [5, 5.41) is 2.91. The Morgan fingerprint density at radius 1 is 0.903 bits per heavy atom. The number of hydrogen-bond acceptors (Lipinski definition) is 2. The van der Waals surface area contributed by atoms with Gasteiger partial charge in [0.2, 0.25) is 5.91 Å². The summed E-state index contributed by atoms with van der Waals surface area (Å²) in [6.07, 6.45) is 0.281. The Morgan fingerprint density at radius 2 is 1.61 bits per heavy atom. The maximum Gasteiger partial charge on any atom is 0.258 e. The third-order valence-electron chi connectivity index (χ3n) is 4.82. The van der Waals surface area contributed by atoms with Gasteiger partial charge < -0.3 is 10.2 Å². The smallest absolute Gasteiger partial charge is 0.258 e. The average Bonchev–Trinajstić information content (AvgIpc) is 2.77. The lowest BCUT2D eigenvalue weighted by Gasteiger charge is -2.23. The number of benzene rings is 3. The minimum atomic E-state index is -0.340. The van der Waals surface area contributed by atoms with E-state index in [1.807, 2.05) is 56.3 Å². The molecule has 0 aromatic heterocycles. The van der Waals surface area contributed by atoms with Gasteiger partial charge in [-0.25, -0.2) is 4.39 Å². The van der Waals surface area contributed by atoms with Gasteiger partial charge in [-0.2, -0.15) is 0 Å². The molecule has 0 atom stereocenters. The van der Waals surface area contributed by atoms with Gasteiger partial charge >= 0.3 is 0 Å². The fourth-order valence-electron chi connectivity index (χ4n) is 3.19. The standard InChI is InChI=1S/C26H27FN2O2/c1-19(2)17-28-25(30)16-20-11-13-24(14-12-20)29(18-21-7-6-10-23(27)15-21)26(31)22-8-4-3-5-9-22/h3-15,19H,16-18H2,1-2H3,(H,28,30). The molecule has 31 heavy (non-hydrogen) atoms. The van der Waals surface area contributed by atoms with Gasteiger partial charge in [-0.05, 0) is 53.4 Å². The molecule has 2 amide bonds. The number of nitrogens with zero attached hydrogens (tertiary/aromatic N) is 1. The molecule has 3 rings (SSSR count). The van der Waals surface area contributed by atoms with Gasteiger partial charge in [0.25, 0.3) is 5.91 Å². The maximum atomic E-state index is 13.7. The summed E-state index contributed by atoms with van der Waals surface area (Å²) in [5.74, 6) is -0.148. The average molecular weight is 419 g/mol. The molecule has 5 heteroatoms. The molecule has 0 saturated heterocycles. The first-order valence-corrected chi connectivity index (χ1v) is 10.4. The van der Waals surface area contributed by atoms with E-state index < -0.39 is 0 Å². The van der Waals surface area contributed by atoms with Gasteiger partial charge in [0, 0.05) is 17.8 Å². The number of anilines is 1. The van der Waals surface area contributed by atoms with Crippen LogP contribution < -0.4 is 10.2 Å². The van der Waals surface area contributed by atoms with Crippen LogP contribution in [0.5, 0.6) is 0 Å². The van der Waals surface area contributed by atoms with Gasteiger partial charge in [0.15, 0.2) is 0 Å². The zero-order valence-corrected chi connectivity index (χ0v) is 17.8. The largest absolute Gasteiger partial charge is 0.356 e. The van der Waals surface area contributed by atoms with Crippen LogP contribution in [0, 0.1) is 11.7 Å². The third kappa shape index (κ3) is 6.51. The second-order valence-corrected chi connectivity index (χ2v) is 7.93. The number of halogens is 1. The molecule has 0 radical (unpaired) electrons. The van der Waals surface area contributed by atoms with Crippen LogP contribution in [0.4, 0.5) is 10.1 Å². The number of rotatable bonds is 8. The third-order valence-corrected chi connectivity index (χ3v) is 4.82. The molecule has 0 unspecified atom stereocenters. The minimum Gasteiger partial charge on any atom is -0.356 e. The lowest BCUT2D eigenvalue weighted by Crippen LogP contribution is -2.30. The van der Waals surface area contributed by atoms with Crippen molar-refractivity contribution >= 4 is 17.5 Å². The van der Waals surface area contributed by atoms with Gasteiger partial charge in [-0.15, -0.1) is 0 Å². The molecule has 0 fully saturated rings. The molecule has 0 aliphatic carbocycles. The monoisotopic (exact) mass is 418 g/mol. The summed E-state index contributed by atoms with van der Waals surface area (Å²) >= 11 is 0. The predicted molar refractivity (Wildman–Crippen MR) is 121 cm³/mol. The van der Waals surface area contributed by atoms with Crippen molar-refractivity contribution < 1.29 is 14.0 Å². The van der Waals surface area contributed by atoms with Gasteiger partial charge in [0.05, 0.1) is 13.0 Å². The van der Waals surface area contributed by atoms with E-state index >= 15 is 0 Å². The van der Waals surface area contributed by atoms with Crippen LogP contribution in [0.15, 0.2) is 78.9 Å². The van der Waals surface area contributed by atoms with Crippen molar-refractivity contribution in [1.82, 2.24) is 5.32 Å². The molecule has 0 saturated carbocycles. The summed E-state index contributed by atoms with van der Waals surface area (Å²) < 4.78 is 13.7. The molecule has 0 bridgehead atoms. The number of carbonyl (C=O) groups excluding carboxylic acids is 2. The van der Waals surface area contributed by atoms with E-state index in [2.05, 4.69) is 5.32 Å². The fourth-order valence-corrected chi connectivity index (χ4v) is 3.19. The number of hydrogen-bond donors (Lipinski definition) is 1. The summed E-state index contributed by atoms with van der Waals surface area (Å²) in [6, 6.07) is 22.6. The summed E-state index contributed by atoms with van der Waals surface area (Å²) in [6.45, 7) is 4.97. The maximum absolute atomic E-state index is 13.7. The first-order chi connectivity index (χ1) is 14.9. The Hall–Kier alpha value is -3.47. The molecule has 0 aliphatic heterocycles. The Labute approximate surface area is 182 Å². The highest BCUT2D eigenvalue weighted by molar-refractivity contribution is 6.06. The van der Waals surface area contributed by atoms with Gasteiger partial charge in [-0.3, -0.25) is 9.59 Å². The summed E-state index contributed by atoms with van der Waals surface area (Å²) in [5.41, 5.74) is 2.80. The molecular formula is C26H27FN2O2. The van der Waals surface area contributed by atoms with E-state index in [4.69, 9.17) is 0 Å². The fraction of sp³-hybridized carbons (Fsp3) is 0.231. The van der Waals surface area contributed by atoms with E-state index in [0.29, 0.717) is 29.3 Å².